The van der Waals surface area contributed by atoms with Crippen molar-refractivity contribution in [3.8, 4) is 5.75 Å². The zero-order valence-electron chi connectivity index (χ0n) is 14.4. The number of hydrogen-bond donors (Lipinski definition) is 1. The number of carbonyl (C=O) groups is 1. The minimum absolute atomic E-state index is 0.0361. The van der Waals surface area contributed by atoms with Crippen LogP contribution in [0.2, 0.25) is 0 Å². The van der Waals surface area contributed by atoms with Crippen LogP contribution in [-0.4, -0.2) is 18.2 Å². The summed E-state index contributed by atoms with van der Waals surface area (Å²) >= 11 is 0. The van der Waals surface area contributed by atoms with Gasteiger partial charge in [-0.25, -0.2) is 5.43 Å². The normalized spacial score (nSPS) is 11.4. The first kappa shape index (κ1) is 16.8. The number of fused-ring (bicyclic) bond motifs is 1. The summed E-state index contributed by atoms with van der Waals surface area (Å²) in [5.41, 5.74) is 3.31. The van der Waals surface area contributed by atoms with Crippen molar-refractivity contribution in [2.45, 2.75) is 26.9 Å². The molecule has 0 aliphatic carbocycles. The number of rotatable bonds is 5. The Hall–Kier alpha value is -3.08. The molecule has 0 bridgehead atoms. The van der Waals surface area contributed by atoms with E-state index in [1.807, 2.05) is 50.2 Å². The molecule has 5 heteroatoms. The van der Waals surface area contributed by atoms with Crippen LogP contribution in [-0.2, 0) is 0 Å². The SMILES string of the molecule is Cc1ccc(C(=O)N/N=C\c2c(OC(C)C)ccc3ccccc23)o1. The van der Waals surface area contributed by atoms with Gasteiger partial charge in [-0.15, -0.1) is 0 Å². The van der Waals surface area contributed by atoms with E-state index in [0.29, 0.717) is 5.76 Å². The van der Waals surface area contributed by atoms with Crippen molar-refractivity contribution < 1.29 is 13.9 Å². The van der Waals surface area contributed by atoms with Crippen molar-refractivity contribution in [3.05, 3.63) is 65.6 Å². The smallest absolute Gasteiger partial charge is 0.307 e. The Morgan fingerprint density at radius 3 is 2.68 bits per heavy atom. The molecule has 25 heavy (non-hydrogen) atoms. The van der Waals surface area contributed by atoms with E-state index in [1.165, 1.54) is 0 Å². The summed E-state index contributed by atoms with van der Waals surface area (Å²) in [4.78, 5) is 12.0. The quantitative estimate of drug-likeness (QED) is 0.558. The summed E-state index contributed by atoms with van der Waals surface area (Å²) in [6.45, 7) is 5.72. The number of aryl methyl sites for hydroxylation is 1. The van der Waals surface area contributed by atoms with Gasteiger partial charge >= 0.3 is 5.91 Å². The number of benzene rings is 2. The zero-order valence-corrected chi connectivity index (χ0v) is 14.4. The summed E-state index contributed by atoms with van der Waals surface area (Å²) in [7, 11) is 0. The van der Waals surface area contributed by atoms with Crippen LogP contribution in [0, 0.1) is 6.92 Å². The van der Waals surface area contributed by atoms with E-state index in [4.69, 9.17) is 9.15 Å². The monoisotopic (exact) mass is 336 g/mol. The molecule has 2 aromatic carbocycles. The standard InChI is InChI=1S/C20H20N2O3/c1-13(2)24-18-11-9-15-6-4-5-7-16(15)17(18)12-21-22-20(23)19-10-8-14(3)25-19/h4-13H,1-3H3,(H,22,23)/b21-12-. The van der Waals surface area contributed by atoms with Crippen molar-refractivity contribution in [2.24, 2.45) is 5.10 Å². The Bertz CT molecular complexity index is 926. The Morgan fingerprint density at radius 1 is 1.16 bits per heavy atom. The maximum atomic E-state index is 12.0. The number of nitrogens with one attached hydrogen (secondary N) is 1. The molecule has 0 fully saturated rings. The molecule has 0 aliphatic heterocycles. The molecular weight excluding hydrogens is 316 g/mol. The van der Waals surface area contributed by atoms with Gasteiger partial charge in [0.2, 0.25) is 0 Å². The van der Waals surface area contributed by atoms with Crippen LogP contribution < -0.4 is 10.2 Å². The van der Waals surface area contributed by atoms with E-state index in [9.17, 15) is 4.79 Å². The van der Waals surface area contributed by atoms with Crippen molar-refractivity contribution in [2.75, 3.05) is 0 Å². The average molecular weight is 336 g/mol. The van der Waals surface area contributed by atoms with Crippen LogP contribution in [0.4, 0.5) is 0 Å². The van der Waals surface area contributed by atoms with Gasteiger partial charge in [0.15, 0.2) is 5.76 Å². The number of furan rings is 1. The summed E-state index contributed by atoms with van der Waals surface area (Å²) in [5.74, 6) is 1.23. The Labute approximate surface area is 146 Å². The van der Waals surface area contributed by atoms with E-state index in [-0.39, 0.29) is 11.9 Å². The van der Waals surface area contributed by atoms with Crippen molar-refractivity contribution >= 4 is 22.9 Å². The topological polar surface area (TPSA) is 63.8 Å². The molecule has 1 amide bonds. The molecule has 3 aromatic rings. The second-order valence-electron chi connectivity index (χ2n) is 5.97. The lowest BCUT2D eigenvalue weighted by Gasteiger charge is -2.14. The van der Waals surface area contributed by atoms with Gasteiger partial charge in [-0.3, -0.25) is 4.79 Å². The molecule has 0 saturated carbocycles. The Morgan fingerprint density at radius 2 is 1.96 bits per heavy atom. The van der Waals surface area contributed by atoms with Crippen LogP contribution >= 0.6 is 0 Å². The maximum Gasteiger partial charge on any atom is 0.307 e. The van der Waals surface area contributed by atoms with E-state index in [1.54, 1.807) is 25.3 Å². The average Bonchev–Trinajstić information content (AvgIpc) is 3.02. The molecule has 1 N–H and O–H groups in total. The molecule has 0 saturated heterocycles. The van der Waals surface area contributed by atoms with Gasteiger partial charge in [-0.1, -0.05) is 30.3 Å². The molecule has 1 heterocycles. The molecule has 0 radical (unpaired) electrons. The number of hydrogen-bond acceptors (Lipinski definition) is 4. The fourth-order valence-corrected chi connectivity index (χ4v) is 2.53. The minimum atomic E-state index is -0.393. The number of amides is 1. The highest BCUT2D eigenvalue weighted by molar-refractivity contribution is 6.03. The van der Waals surface area contributed by atoms with E-state index < -0.39 is 5.91 Å². The molecule has 0 atom stereocenters. The number of ether oxygens (including phenoxy) is 1. The summed E-state index contributed by atoms with van der Waals surface area (Å²) in [5, 5.41) is 6.16. The summed E-state index contributed by atoms with van der Waals surface area (Å²) < 4.78 is 11.2. The first-order valence-electron chi connectivity index (χ1n) is 8.13. The third-order valence-corrected chi connectivity index (χ3v) is 3.62. The molecule has 5 nitrogen and oxygen atoms in total. The number of nitrogens with zero attached hydrogens (tertiary/aromatic N) is 1. The molecule has 0 unspecified atom stereocenters. The second kappa shape index (κ2) is 7.21. The Kier molecular flexibility index (Phi) is 4.84. The van der Waals surface area contributed by atoms with Crippen molar-refractivity contribution in [1.29, 1.82) is 0 Å². The minimum Gasteiger partial charge on any atom is -0.490 e. The number of hydrazone groups is 1. The van der Waals surface area contributed by atoms with Gasteiger partial charge in [0.1, 0.15) is 11.5 Å². The van der Waals surface area contributed by atoms with Gasteiger partial charge < -0.3 is 9.15 Å². The van der Waals surface area contributed by atoms with E-state index >= 15 is 0 Å². The highest BCUT2D eigenvalue weighted by Crippen LogP contribution is 2.27. The van der Waals surface area contributed by atoms with Gasteiger partial charge in [0.05, 0.1) is 12.3 Å². The van der Waals surface area contributed by atoms with Gasteiger partial charge in [0, 0.05) is 5.56 Å². The summed E-state index contributed by atoms with van der Waals surface area (Å²) in [6, 6.07) is 15.2. The fourth-order valence-electron chi connectivity index (χ4n) is 2.53. The third-order valence-electron chi connectivity index (χ3n) is 3.62. The fraction of sp³-hybridized carbons (Fsp3) is 0.200. The first-order valence-corrected chi connectivity index (χ1v) is 8.13. The predicted molar refractivity (Wildman–Crippen MR) is 98.2 cm³/mol. The maximum absolute atomic E-state index is 12.0. The molecular formula is C20H20N2O3. The highest BCUT2D eigenvalue weighted by atomic mass is 16.5. The van der Waals surface area contributed by atoms with Gasteiger partial charge in [-0.05, 0) is 49.7 Å². The zero-order chi connectivity index (χ0) is 17.8. The lowest BCUT2D eigenvalue weighted by Crippen LogP contribution is -2.17. The largest absolute Gasteiger partial charge is 0.490 e. The molecule has 128 valence electrons. The number of carbonyl (C=O) groups excluding carboxylic acids is 1. The molecule has 0 aliphatic rings. The van der Waals surface area contributed by atoms with Gasteiger partial charge in [0.25, 0.3) is 0 Å². The van der Waals surface area contributed by atoms with Crippen molar-refractivity contribution in [1.82, 2.24) is 5.43 Å². The van der Waals surface area contributed by atoms with E-state index in [0.717, 1.165) is 22.1 Å². The molecule has 0 spiro atoms. The van der Waals surface area contributed by atoms with Crippen LogP contribution in [0.5, 0.6) is 5.75 Å². The molecule has 3 rings (SSSR count). The van der Waals surface area contributed by atoms with Gasteiger partial charge in [-0.2, -0.15) is 5.10 Å². The second-order valence-corrected chi connectivity index (χ2v) is 5.97. The van der Waals surface area contributed by atoms with Crippen molar-refractivity contribution in [3.63, 3.8) is 0 Å². The van der Waals surface area contributed by atoms with Crippen LogP contribution in [0.15, 0.2) is 58.0 Å². The first-order chi connectivity index (χ1) is 12.0. The third kappa shape index (κ3) is 3.88. The predicted octanol–water partition coefficient (Wildman–Crippen LogP) is 4.29. The lowest BCUT2D eigenvalue weighted by atomic mass is 10.0. The lowest BCUT2D eigenvalue weighted by molar-refractivity contribution is 0.0926. The van der Waals surface area contributed by atoms with Crippen LogP contribution in [0.3, 0.4) is 0 Å². The van der Waals surface area contributed by atoms with Crippen LogP contribution in [0.25, 0.3) is 10.8 Å². The van der Waals surface area contributed by atoms with Crippen LogP contribution in [0.1, 0.15) is 35.7 Å². The summed E-state index contributed by atoms with van der Waals surface area (Å²) in [6.07, 6.45) is 1.64. The Balaban J connectivity index is 1.89. The highest BCUT2D eigenvalue weighted by Gasteiger charge is 2.10. The molecule has 1 aromatic heterocycles. The van der Waals surface area contributed by atoms with E-state index in [2.05, 4.69) is 10.5 Å².